The molecule has 0 spiro atoms. The highest BCUT2D eigenvalue weighted by atomic mass is 35.5. The lowest BCUT2D eigenvalue weighted by molar-refractivity contribution is 1.06. The zero-order valence-electron chi connectivity index (χ0n) is 8.72. The van der Waals surface area contributed by atoms with Gasteiger partial charge in [-0.1, -0.05) is 30.1 Å². The first kappa shape index (κ1) is 11.5. The summed E-state index contributed by atoms with van der Waals surface area (Å²) in [6, 6.07) is 5.35. The van der Waals surface area contributed by atoms with Crippen LogP contribution in [-0.2, 0) is 6.42 Å². The first-order valence-corrected chi connectivity index (χ1v) is 5.67. The molecule has 3 nitrogen and oxygen atoms in total. The molecule has 84 valence electrons. The van der Waals surface area contributed by atoms with Gasteiger partial charge in [0.15, 0.2) is 0 Å². The van der Waals surface area contributed by atoms with E-state index in [1.807, 2.05) is 13.0 Å². The fourth-order valence-corrected chi connectivity index (χ4v) is 2.07. The molecule has 2 aromatic rings. The number of aromatic nitrogens is 1. The molecule has 0 atom stereocenters. The van der Waals surface area contributed by atoms with Crippen LogP contribution in [0.15, 0.2) is 18.2 Å². The van der Waals surface area contributed by atoms with E-state index in [4.69, 9.17) is 29.0 Å². The van der Waals surface area contributed by atoms with Crippen LogP contribution in [0.3, 0.4) is 0 Å². The van der Waals surface area contributed by atoms with Crippen molar-refractivity contribution in [2.45, 2.75) is 13.3 Å². The SMILES string of the molecule is CCc1cc(NN)c2c(Cl)ccc(Cl)c2n1. The average molecular weight is 256 g/mol. The van der Waals surface area contributed by atoms with Gasteiger partial charge in [-0.3, -0.25) is 10.8 Å². The minimum atomic E-state index is 0.575. The van der Waals surface area contributed by atoms with Crippen LogP contribution < -0.4 is 11.3 Å². The normalized spacial score (nSPS) is 10.8. The number of hydrogen-bond acceptors (Lipinski definition) is 3. The Bertz CT molecular complexity index is 540. The summed E-state index contributed by atoms with van der Waals surface area (Å²) in [6.07, 6.45) is 0.813. The molecule has 0 saturated heterocycles. The second-order valence-corrected chi connectivity index (χ2v) is 4.23. The van der Waals surface area contributed by atoms with Crippen LogP contribution in [0.1, 0.15) is 12.6 Å². The van der Waals surface area contributed by atoms with Crippen molar-refractivity contribution in [3.8, 4) is 0 Å². The summed E-state index contributed by atoms with van der Waals surface area (Å²) >= 11 is 12.2. The number of pyridine rings is 1. The molecule has 0 fully saturated rings. The van der Waals surface area contributed by atoms with E-state index in [0.29, 0.717) is 15.6 Å². The number of rotatable bonds is 2. The summed E-state index contributed by atoms with van der Waals surface area (Å²) in [6.45, 7) is 2.02. The third-order valence-corrected chi connectivity index (χ3v) is 3.05. The van der Waals surface area contributed by atoms with Crippen LogP contribution in [0.2, 0.25) is 10.0 Å². The first-order chi connectivity index (χ1) is 7.67. The lowest BCUT2D eigenvalue weighted by Crippen LogP contribution is -2.08. The fraction of sp³-hybridized carbons (Fsp3) is 0.182. The maximum atomic E-state index is 6.11. The summed E-state index contributed by atoms with van der Waals surface area (Å²) in [4.78, 5) is 4.45. The van der Waals surface area contributed by atoms with Gasteiger partial charge in [0.2, 0.25) is 0 Å². The van der Waals surface area contributed by atoms with Gasteiger partial charge in [-0.25, -0.2) is 0 Å². The number of anilines is 1. The van der Waals surface area contributed by atoms with E-state index < -0.39 is 0 Å². The fourth-order valence-electron chi connectivity index (χ4n) is 1.62. The Morgan fingerprint density at radius 2 is 2.00 bits per heavy atom. The molecule has 0 aliphatic heterocycles. The predicted octanol–water partition coefficient (Wildman–Crippen LogP) is 3.39. The molecular weight excluding hydrogens is 245 g/mol. The quantitative estimate of drug-likeness (QED) is 0.639. The lowest BCUT2D eigenvalue weighted by atomic mass is 10.1. The molecule has 0 saturated carbocycles. The van der Waals surface area contributed by atoms with Crippen LogP contribution in [0.5, 0.6) is 0 Å². The number of nitrogens with one attached hydrogen (secondary N) is 1. The van der Waals surface area contributed by atoms with Crippen molar-refractivity contribution in [1.29, 1.82) is 0 Å². The molecule has 0 radical (unpaired) electrons. The molecule has 0 bridgehead atoms. The smallest absolute Gasteiger partial charge is 0.0927 e. The van der Waals surface area contributed by atoms with Gasteiger partial charge in [-0.2, -0.15) is 0 Å². The van der Waals surface area contributed by atoms with Gasteiger partial charge in [0.1, 0.15) is 0 Å². The Balaban J connectivity index is 2.88. The van der Waals surface area contributed by atoms with Gasteiger partial charge in [0, 0.05) is 11.1 Å². The summed E-state index contributed by atoms with van der Waals surface area (Å²) < 4.78 is 0. The zero-order chi connectivity index (χ0) is 11.7. The van der Waals surface area contributed by atoms with E-state index in [1.54, 1.807) is 12.1 Å². The molecule has 16 heavy (non-hydrogen) atoms. The van der Waals surface area contributed by atoms with E-state index >= 15 is 0 Å². The lowest BCUT2D eigenvalue weighted by Gasteiger charge is -2.10. The largest absolute Gasteiger partial charge is 0.323 e. The third-order valence-electron chi connectivity index (χ3n) is 2.43. The maximum absolute atomic E-state index is 6.11. The van der Waals surface area contributed by atoms with Crippen molar-refractivity contribution in [2.24, 2.45) is 5.84 Å². The highest BCUT2D eigenvalue weighted by Crippen LogP contribution is 2.34. The van der Waals surface area contributed by atoms with Crippen molar-refractivity contribution in [2.75, 3.05) is 5.43 Å². The third kappa shape index (κ3) is 1.82. The Labute approximate surface area is 104 Å². The van der Waals surface area contributed by atoms with Crippen molar-refractivity contribution < 1.29 is 0 Å². The predicted molar refractivity (Wildman–Crippen MR) is 69.0 cm³/mol. The maximum Gasteiger partial charge on any atom is 0.0927 e. The number of fused-ring (bicyclic) bond motifs is 1. The van der Waals surface area contributed by atoms with E-state index in [2.05, 4.69) is 10.4 Å². The van der Waals surface area contributed by atoms with Gasteiger partial charge in [-0.05, 0) is 24.6 Å². The molecule has 1 aromatic carbocycles. The average Bonchev–Trinajstić information content (AvgIpc) is 2.32. The van der Waals surface area contributed by atoms with Crippen molar-refractivity contribution >= 4 is 39.8 Å². The van der Waals surface area contributed by atoms with Crippen LogP contribution in [0, 0.1) is 0 Å². The Kier molecular flexibility index (Phi) is 3.19. The van der Waals surface area contributed by atoms with E-state index in [-0.39, 0.29) is 0 Å². The molecular formula is C11H11Cl2N3. The number of nitrogens with two attached hydrogens (primary N) is 1. The van der Waals surface area contributed by atoms with Crippen molar-refractivity contribution in [1.82, 2.24) is 4.98 Å². The summed E-state index contributed by atoms with van der Waals surface area (Å²) in [5.74, 6) is 5.48. The molecule has 1 heterocycles. The second kappa shape index (κ2) is 4.45. The molecule has 0 aliphatic carbocycles. The van der Waals surface area contributed by atoms with Crippen molar-refractivity contribution in [3.05, 3.63) is 33.9 Å². The molecule has 5 heteroatoms. The molecule has 1 aromatic heterocycles. The number of benzene rings is 1. The van der Waals surface area contributed by atoms with E-state index in [9.17, 15) is 0 Å². The molecule has 0 amide bonds. The number of nitrogen functional groups attached to an aromatic ring is 1. The zero-order valence-corrected chi connectivity index (χ0v) is 10.2. The van der Waals surface area contributed by atoms with Crippen LogP contribution in [-0.4, -0.2) is 4.98 Å². The van der Waals surface area contributed by atoms with Crippen LogP contribution >= 0.6 is 23.2 Å². The number of hydrogen-bond donors (Lipinski definition) is 2. The second-order valence-electron chi connectivity index (χ2n) is 3.41. The number of nitrogens with zero attached hydrogens (tertiary/aromatic N) is 1. The highest BCUT2D eigenvalue weighted by Gasteiger charge is 2.10. The van der Waals surface area contributed by atoms with Gasteiger partial charge >= 0.3 is 0 Å². The van der Waals surface area contributed by atoms with Crippen LogP contribution in [0.25, 0.3) is 10.9 Å². The number of halogens is 2. The van der Waals surface area contributed by atoms with Gasteiger partial charge in [0.25, 0.3) is 0 Å². The summed E-state index contributed by atoms with van der Waals surface area (Å²) in [5, 5.41) is 1.92. The monoisotopic (exact) mass is 255 g/mol. The van der Waals surface area contributed by atoms with E-state index in [0.717, 1.165) is 23.2 Å². The van der Waals surface area contributed by atoms with Crippen LogP contribution in [0.4, 0.5) is 5.69 Å². The Morgan fingerprint density at radius 1 is 1.31 bits per heavy atom. The molecule has 3 N–H and O–H groups in total. The van der Waals surface area contributed by atoms with Crippen molar-refractivity contribution in [3.63, 3.8) is 0 Å². The Morgan fingerprint density at radius 3 is 2.62 bits per heavy atom. The minimum Gasteiger partial charge on any atom is -0.323 e. The minimum absolute atomic E-state index is 0.575. The number of aryl methyl sites for hydroxylation is 1. The van der Waals surface area contributed by atoms with Gasteiger partial charge in [0.05, 0.1) is 21.2 Å². The molecule has 2 rings (SSSR count). The van der Waals surface area contributed by atoms with Gasteiger partial charge in [-0.15, -0.1) is 0 Å². The standard InChI is InChI=1S/C11H11Cl2N3/c1-2-6-5-9(16-14)10-7(12)3-4-8(13)11(10)15-6/h3-5H,2,14H2,1H3,(H,15,16). The van der Waals surface area contributed by atoms with Gasteiger partial charge < -0.3 is 5.43 Å². The topological polar surface area (TPSA) is 50.9 Å². The summed E-state index contributed by atoms with van der Waals surface area (Å²) in [5.41, 5.74) is 4.98. The van der Waals surface area contributed by atoms with E-state index in [1.165, 1.54) is 0 Å². The molecule has 0 unspecified atom stereocenters. The Hall–Kier alpha value is -1.03. The highest BCUT2D eigenvalue weighted by molar-refractivity contribution is 6.40. The first-order valence-electron chi connectivity index (χ1n) is 4.91. The molecule has 0 aliphatic rings. The number of hydrazine groups is 1. The summed E-state index contributed by atoms with van der Waals surface area (Å²) in [7, 11) is 0.